The van der Waals surface area contributed by atoms with Crippen molar-refractivity contribution in [3.8, 4) is 0 Å². The third-order valence-electron chi connectivity index (χ3n) is 5.13. The summed E-state index contributed by atoms with van der Waals surface area (Å²) in [4.78, 5) is 9.34. The van der Waals surface area contributed by atoms with Crippen LogP contribution >= 0.6 is 0 Å². The monoisotopic (exact) mass is 368 g/mol. The van der Waals surface area contributed by atoms with Crippen LogP contribution in [0.5, 0.6) is 0 Å². The summed E-state index contributed by atoms with van der Waals surface area (Å²) in [5, 5.41) is 10.1. The van der Waals surface area contributed by atoms with Gasteiger partial charge in [0, 0.05) is 6.42 Å². The van der Waals surface area contributed by atoms with Crippen molar-refractivity contribution in [3.63, 3.8) is 0 Å². The molecule has 0 N–H and O–H groups in total. The van der Waals surface area contributed by atoms with Gasteiger partial charge >= 0.3 is 0 Å². The van der Waals surface area contributed by atoms with Crippen LogP contribution in [0, 0.1) is 13.8 Å². The Kier molecular flexibility index (Phi) is 3.90. The number of hydrogen-bond acceptors (Lipinski definition) is 4. The largest absolute Gasteiger partial charge is 0.243 e. The molecule has 6 nitrogen and oxygen atoms in total. The smallest absolute Gasteiger partial charge is 0.170 e. The van der Waals surface area contributed by atoms with Gasteiger partial charge in [0.2, 0.25) is 0 Å². The summed E-state index contributed by atoms with van der Waals surface area (Å²) in [7, 11) is 0. The lowest BCUT2D eigenvalue weighted by Gasteiger charge is -2.02. The van der Waals surface area contributed by atoms with E-state index in [2.05, 4.69) is 59.4 Å². The molecular weight excluding hydrogens is 348 g/mol. The predicted octanol–water partition coefficient (Wildman–Crippen LogP) is 3.73. The number of aryl methyl sites for hydroxylation is 2. The second kappa shape index (κ2) is 6.56. The van der Waals surface area contributed by atoms with Gasteiger partial charge in [-0.15, -0.1) is 5.10 Å². The van der Waals surface area contributed by atoms with Gasteiger partial charge in [0.05, 0.1) is 18.1 Å². The maximum atomic E-state index is 4.77. The second-order valence-corrected chi connectivity index (χ2v) is 7.16. The van der Waals surface area contributed by atoms with Gasteiger partial charge in [0.15, 0.2) is 17.1 Å². The quantitative estimate of drug-likeness (QED) is 0.485. The van der Waals surface area contributed by atoms with Crippen LogP contribution in [0.25, 0.3) is 16.7 Å². The van der Waals surface area contributed by atoms with E-state index in [4.69, 9.17) is 4.98 Å². The van der Waals surface area contributed by atoms with E-state index in [-0.39, 0.29) is 0 Å². The second-order valence-electron chi connectivity index (χ2n) is 7.16. The van der Waals surface area contributed by atoms with E-state index >= 15 is 0 Å². The van der Waals surface area contributed by atoms with Gasteiger partial charge in [-0.05, 0) is 36.1 Å². The third kappa shape index (κ3) is 2.93. The Hall–Kier alpha value is -3.54. The van der Waals surface area contributed by atoms with Gasteiger partial charge in [-0.25, -0.2) is 19.2 Å². The molecule has 0 saturated heterocycles. The summed E-state index contributed by atoms with van der Waals surface area (Å²) in [5.41, 5.74) is 6.59. The summed E-state index contributed by atoms with van der Waals surface area (Å²) < 4.78 is 3.65. The lowest BCUT2D eigenvalue weighted by Crippen LogP contribution is -2.03. The SMILES string of the molecule is Cc1ccc(Cc2nc3c4cnn(Cc5ccccc5)c4ncn3n2)cc1C. The van der Waals surface area contributed by atoms with Crippen LogP contribution < -0.4 is 0 Å². The van der Waals surface area contributed by atoms with Crippen LogP contribution in [0.1, 0.15) is 28.1 Å². The molecule has 0 spiro atoms. The molecule has 3 heterocycles. The molecule has 3 aromatic heterocycles. The Morgan fingerprint density at radius 2 is 1.75 bits per heavy atom. The van der Waals surface area contributed by atoms with Crippen LogP contribution in [0.3, 0.4) is 0 Å². The summed E-state index contributed by atoms with van der Waals surface area (Å²) >= 11 is 0. The zero-order chi connectivity index (χ0) is 19.1. The number of fused-ring (bicyclic) bond motifs is 3. The van der Waals surface area contributed by atoms with Crippen molar-refractivity contribution < 1.29 is 0 Å². The maximum absolute atomic E-state index is 4.77. The minimum absolute atomic E-state index is 0.678. The first kappa shape index (κ1) is 16.6. The van der Waals surface area contributed by atoms with Gasteiger partial charge in [-0.1, -0.05) is 48.5 Å². The summed E-state index contributed by atoms with van der Waals surface area (Å²) in [6, 6.07) is 16.7. The molecule has 0 bridgehead atoms. The highest BCUT2D eigenvalue weighted by Gasteiger charge is 2.13. The molecule has 0 amide bonds. The first-order valence-corrected chi connectivity index (χ1v) is 9.33. The number of rotatable bonds is 4. The van der Waals surface area contributed by atoms with Gasteiger partial charge < -0.3 is 0 Å². The van der Waals surface area contributed by atoms with Crippen molar-refractivity contribution in [1.29, 1.82) is 0 Å². The van der Waals surface area contributed by atoms with Crippen LogP contribution in [0.2, 0.25) is 0 Å². The molecule has 0 saturated carbocycles. The highest BCUT2D eigenvalue weighted by atomic mass is 15.3. The number of hydrogen-bond donors (Lipinski definition) is 0. The molecule has 28 heavy (non-hydrogen) atoms. The topological polar surface area (TPSA) is 60.9 Å². The average molecular weight is 368 g/mol. The number of nitrogens with zero attached hydrogens (tertiary/aromatic N) is 6. The van der Waals surface area contributed by atoms with E-state index in [0.717, 1.165) is 22.5 Å². The maximum Gasteiger partial charge on any atom is 0.170 e. The van der Waals surface area contributed by atoms with Gasteiger partial charge in [-0.2, -0.15) is 5.10 Å². The highest BCUT2D eigenvalue weighted by molar-refractivity contribution is 5.88. The molecule has 5 rings (SSSR count). The Morgan fingerprint density at radius 1 is 0.893 bits per heavy atom. The minimum Gasteiger partial charge on any atom is -0.243 e. The normalized spacial score (nSPS) is 11.5. The predicted molar refractivity (Wildman–Crippen MR) is 108 cm³/mol. The first-order chi connectivity index (χ1) is 13.7. The van der Waals surface area contributed by atoms with Crippen LogP contribution in [-0.4, -0.2) is 29.4 Å². The summed E-state index contributed by atoms with van der Waals surface area (Å²) in [6.45, 7) is 4.93. The zero-order valence-electron chi connectivity index (χ0n) is 15.9. The molecule has 0 unspecified atom stereocenters. The standard InChI is InChI=1S/C22H20N6/c1-15-8-9-18(10-16(15)2)11-20-25-22-19-12-24-27(13-17-6-4-3-5-7-17)21(19)23-14-28(22)26-20/h3-10,12,14H,11,13H2,1-2H3. The molecule has 0 aliphatic heterocycles. The van der Waals surface area contributed by atoms with Crippen LogP contribution in [-0.2, 0) is 13.0 Å². The fraction of sp³-hybridized carbons (Fsp3) is 0.182. The van der Waals surface area contributed by atoms with Crippen LogP contribution in [0.15, 0.2) is 61.1 Å². The molecule has 5 aromatic rings. The van der Waals surface area contributed by atoms with E-state index in [0.29, 0.717) is 13.0 Å². The fourth-order valence-corrected chi connectivity index (χ4v) is 3.46. The summed E-state index contributed by atoms with van der Waals surface area (Å²) in [5.74, 6) is 0.786. The van der Waals surface area contributed by atoms with Crippen molar-refractivity contribution in [3.05, 3.63) is 89.1 Å². The Labute approximate surface area is 162 Å². The first-order valence-electron chi connectivity index (χ1n) is 9.33. The molecular formula is C22H20N6. The Bertz CT molecular complexity index is 1280. The lowest BCUT2D eigenvalue weighted by atomic mass is 10.0. The molecule has 0 atom stereocenters. The molecule has 0 aliphatic carbocycles. The van der Waals surface area contributed by atoms with Gasteiger partial charge in [-0.3, -0.25) is 0 Å². The van der Waals surface area contributed by atoms with E-state index in [1.54, 1.807) is 10.8 Å². The molecule has 0 fully saturated rings. The highest BCUT2D eigenvalue weighted by Crippen LogP contribution is 2.19. The Morgan fingerprint density at radius 3 is 2.57 bits per heavy atom. The molecule has 2 aromatic carbocycles. The fourth-order valence-electron chi connectivity index (χ4n) is 3.46. The zero-order valence-corrected chi connectivity index (χ0v) is 15.9. The third-order valence-corrected chi connectivity index (χ3v) is 5.13. The molecule has 0 aliphatic rings. The minimum atomic E-state index is 0.678. The van der Waals surface area contributed by atoms with E-state index in [9.17, 15) is 0 Å². The molecule has 0 radical (unpaired) electrons. The molecule has 6 heteroatoms. The molecule has 138 valence electrons. The van der Waals surface area contributed by atoms with Crippen LogP contribution in [0.4, 0.5) is 0 Å². The van der Waals surface area contributed by atoms with Gasteiger partial charge in [0.1, 0.15) is 6.33 Å². The average Bonchev–Trinajstić information content (AvgIpc) is 3.29. The van der Waals surface area contributed by atoms with Gasteiger partial charge in [0.25, 0.3) is 0 Å². The van der Waals surface area contributed by atoms with Crippen molar-refractivity contribution in [2.24, 2.45) is 0 Å². The van der Waals surface area contributed by atoms with Crippen molar-refractivity contribution in [2.75, 3.05) is 0 Å². The van der Waals surface area contributed by atoms with Crippen molar-refractivity contribution in [1.82, 2.24) is 29.4 Å². The van der Waals surface area contributed by atoms with E-state index in [1.807, 2.05) is 29.1 Å². The number of benzene rings is 2. The number of aromatic nitrogens is 6. The van der Waals surface area contributed by atoms with Crippen molar-refractivity contribution in [2.45, 2.75) is 26.8 Å². The van der Waals surface area contributed by atoms with E-state index < -0.39 is 0 Å². The Balaban J connectivity index is 1.51. The lowest BCUT2D eigenvalue weighted by molar-refractivity contribution is 0.702. The summed E-state index contributed by atoms with van der Waals surface area (Å²) in [6.07, 6.45) is 4.25. The van der Waals surface area contributed by atoms with Crippen molar-refractivity contribution >= 4 is 16.7 Å². The van der Waals surface area contributed by atoms with E-state index in [1.165, 1.54) is 22.3 Å².